The molecule has 1 spiro atoms. The Bertz CT molecular complexity index is 752. The first-order valence-electron chi connectivity index (χ1n) is 8.00. The summed E-state index contributed by atoms with van der Waals surface area (Å²) >= 11 is 0. The molecule has 1 fully saturated rings. The second-order valence-corrected chi connectivity index (χ2v) is 7.39. The van der Waals surface area contributed by atoms with E-state index in [9.17, 15) is 18.4 Å². The third-order valence-electron chi connectivity index (χ3n) is 4.76. The molecule has 0 aromatic heterocycles. The van der Waals surface area contributed by atoms with Gasteiger partial charge in [-0.25, -0.2) is 0 Å². The number of alkyl halides is 2. The molecule has 0 atom stereocenters. The van der Waals surface area contributed by atoms with Crippen molar-refractivity contribution in [1.29, 1.82) is 0 Å². The average Bonchev–Trinajstić information content (AvgIpc) is 2.49. The fourth-order valence-electron chi connectivity index (χ4n) is 3.87. The molecule has 2 N–H and O–H groups in total. The van der Waals surface area contributed by atoms with Crippen molar-refractivity contribution >= 4 is 11.7 Å². The van der Waals surface area contributed by atoms with Crippen LogP contribution >= 0.6 is 0 Å². The van der Waals surface area contributed by atoms with Gasteiger partial charge >= 0.3 is 6.61 Å². The minimum absolute atomic E-state index is 0.0846. The highest BCUT2D eigenvalue weighted by molar-refractivity contribution is 6.00. The number of para-hydroxylation sites is 1. The van der Waals surface area contributed by atoms with E-state index in [-0.39, 0.29) is 34.1 Å². The molecule has 134 valence electrons. The van der Waals surface area contributed by atoms with Crippen LogP contribution in [0.3, 0.4) is 0 Å². The standard InChI is InChI=1S/C18H20F2N2O3/c1-17(2)8-18(7-12(21)14(17)23)9-22(10-18)15(24)11-5-3-4-6-13(11)25-16(19)20/h3-7,16H,8-10,21H2,1-2H3. The number of ketones is 1. The summed E-state index contributed by atoms with van der Waals surface area (Å²) in [5.74, 6) is -0.597. The Morgan fingerprint density at radius 1 is 1.28 bits per heavy atom. The molecule has 7 heteroatoms. The number of Topliss-reactive ketones (excluding diaryl/α,β-unsaturated/α-hetero) is 1. The van der Waals surface area contributed by atoms with Crippen LogP contribution in [0.5, 0.6) is 5.75 Å². The maximum Gasteiger partial charge on any atom is 0.387 e. The van der Waals surface area contributed by atoms with E-state index in [0.717, 1.165) is 0 Å². The highest BCUT2D eigenvalue weighted by Crippen LogP contribution is 2.47. The summed E-state index contributed by atoms with van der Waals surface area (Å²) in [4.78, 5) is 26.3. The van der Waals surface area contributed by atoms with Gasteiger partial charge in [0.15, 0.2) is 5.78 Å². The summed E-state index contributed by atoms with van der Waals surface area (Å²) in [7, 11) is 0. The predicted molar refractivity (Wildman–Crippen MR) is 87.1 cm³/mol. The van der Waals surface area contributed by atoms with Gasteiger partial charge in [0.2, 0.25) is 0 Å². The molecule has 1 amide bonds. The summed E-state index contributed by atoms with van der Waals surface area (Å²) in [5.41, 5.74) is 5.26. The zero-order chi connectivity index (χ0) is 18.4. The summed E-state index contributed by atoms with van der Waals surface area (Å²) in [6.45, 7) is 1.48. The third-order valence-corrected chi connectivity index (χ3v) is 4.76. The van der Waals surface area contributed by atoms with E-state index >= 15 is 0 Å². The first kappa shape index (κ1) is 17.4. The predicted octanol–water partition coefficient (Wildman–Crippen LogP) is 2.57. The van der Waals surface area contributed by atoms with Crippen LogP contribution in [0.4, 0.5) is 8.78 Å². The van der Waals surface area contributed by atoms with E-state index in [2.05, 4.69) is 4.74 Å². The van der Waals surface area contributed by atoms with Gasteiger partial charge in [-0.2, -0.15) is 8.78 Å². The van der Waals surface area contributed by atoms with Crippen molar-refractivity contribution in [1.82, 2.24) is 4.90 Å². The number of rotatable bonds is 3. The van der Waals surface area contributed by atoms with Gasteiger partial charge in [-0.1, -0.05) is 26.0 Å². The fourth-order valence-corrected chi connectivity index (χ4v) is 3.87. The van der Waals surface area contributed by atoms with Crippen LogP contribution in [-0.4, -0.2) is 36.3 Å². The third kappa shape index (κ3) is 3.10. The molecule has 0 saturated carbocycles. The normalized spacial score (nSPS) is 21.1. The number of amides is 1. The van der Waals surface area contributed by atoms with Gasteiger partial charge in [0.05, 0.1) is 11.3 Å². The van der Waals surface area contributed by atoms with Crippen molar-refractivity contribution < 1.29 is 23.1 Å². The first-order valence-corrected chi connectivity index (χ1v) is 8.00. The highest BCUT2D eigenvalue weighted by atomic mass is 19.3. The van der Waals surface area contributed by atoms with E-state index in [4.69, 9.17) is 5.73 Å². The number of likely N-dealkylation sites (tertiary alicyclic amines) is 1. The molecule has 3 rings (SSSR count). The topological polar surface area (TPSA) is 72.6 Å². The number of ether oxygens (including phenoxy) is 1. The number of hydrogen-bond acceptors (Lipinski definition) is 4. The molecule has 1 aliphatic carbocycles. The second kappa shape index (κ2) is 5.82. The Morgan fingerprint density at radius 2 is 1.92 bits per heavy atom. The van der Waals surface area contributed by atoms with Crippen LogP contribution in [0.2, 0.25) is 0 Å². The number of carbonyl (C=O) groups excluding carboxylic acids is 2. The van der Waals surface area contributed by atoms with Gasteiger partial charge in [0.25, 0.3) is 5.91 Å². The zero-order valence-corrected chi connectivity index (χ0v) is 14.1. The number of allylic oxidation sites excluding steroid dienone is 1. The monoisotopic (exact) mass is 350 g/mol. The van der Waals surface area contributed by atoms with Gasteiger partial charge in [-0.15, -0.1) is 0 Å². The number of nitrogens with two attached hydrogens (primary N) is 1. The minimum Gasteiger partial charge on any atom is -0.434 e. The van der Waals surface area contributed by atoms with E-state index in [1.165, 1.54) is 18.2 Å². The minimum atomic E-state index is -3.00. The summed E-state index contributed by atoms with van der Waals surface area (Å²) < 4.78 is 29.5. The summed E-state index contributed by atoms with van der Waals surface area (Å²) in [6.07, 6.45) is 2.34. The lowest BCUT2D eigenvalue weighted by Crippen LogP contribution is -2.61. The summed E-state index contributed by atoms with van der Waals surface area (Å²) in [5, 5.41) is 0. The maximum atomic E-state index is 12.6. The van der Waals surface area contributed by atoms with Crippen molar-refractivity contribution in [3.8, 4) is 5.75 Å². The number of nitrogens with zero attached hydrogens (tertiary/aromatic N) is 1. The lowest BCUT2D eigenvalue weighted by Gasteiger charge is -2.53. The van der Waals surface area contributed by atoms with Crippen molar-refractivity contribution in [2.45, 2.75) is 26.9 Å². The lowest BCUT2D eigenvalue weighted by molar-refractivity contribution is -0.127. The molecule has 0 bridgehead atoms. The molecule has 1 aromatic carbocycles. The molecule has 0 unspecified atom stereocenters. The SMILES string of the molecule is CC1(C)CC2(C=C(N)C1=O)CN(C(=O)c1ccccc1OC(F)F)C2. The Balaban J connectivity index is 1.77. The number of carbonyl (C=O) groups is 2. The van der Waals surface area contributed by atoms with Crippen LogP contribution in [0.25, 0.3) is 0 Å². The second-order valence-electron chi connectivity index (χ2n) is 7.39. The first-order chi connectivity index (χ1) is 11.6. The largest absolute Gasteiger partial charge is 0.434 e. The molecule has 1 heterocycles. The molecule has 5 nitrogen and oxygen atoms in total. The van der Waals surface area contributed by atoms with Gasteiger partial charge in [0.1, 0.15) is 5.75 Å². The van der Waals surface area contributed by atoms with Gasteiger partial charge in [-0.3, -0.25) is 9.59 Å². The van der Waals surface area contributed by atoms with Crippen molar-refractivity contribution in [3.05, 3.63) is 41.6 Å². The molecule has 1 aliphatic heterocycles. The Labute approximate surface area is 144 Å². The Kier molecular flexibility index (Phi) is 4.05. The number of hydrogen-bond donors (Lipinski definition) is 1. The van der Waals surface area contributed by atoms with E-state index in [1.54, 1.807) is 17.0 Å². The smallest absolute Gasteiger partial charge is 0.387 e. The molecular weight excluding hydrogens is 330 g/mol. The van der Waals surface area contributed by atoms with Crippen LogP contribution in [0, 0.1) is 10.8 Å². The Morgan fingerprint density at radius 3 is 2.52 bits per heavy atom. The molecule has 25 heavy (non-hydrogen) atoms. The van der Waals surface area contributed by atoms with Gasteiger partial charge in [0, 0.05) is 23.9 Å². The number of halogens is 2. The zero-order valence-electron chi connectivity index (χ0n) is 14.1. The lowest BCUT2D eigenvalue weighted by atomic mass is 9.62. The van der Waals surface area contributed by atoms with Crippen LogP contribution in [0.1, 0.15) is 30.6 Å². The van der Waals surface area contributed by atoms with Crippen LogP contribution in [0.15, 0.2) is 36.0 Å². The van der Waals surface area contributed by atoms with Crippen molar-refractivity contribution in [2.75, 3.05) is 13.1 Å². The molecule has 2 aliphatic rings. The molecular formula is C18H20F2N2O3. The number of benzene rings is 1. The highest BCUT2D eigenvalue weighted by Gasteiger charge is 2.52. The van der Waals surface area contributed by atoms with E-state index < -0.39 is 12.0 Å². The van der Waals surface area contributed by atoms with Crippen LogP contribution < -0.4 is 10.5 Å². The maximum absolute atomic E-state index is 12.6. The summed E-state index contributed by atoms with van der Waals surface area (Å²) in [6, 6.07) is 5.94. The van der Waals surface area contributed by atoms with Gasteiger partial charge in [-0.05, 0) is 24.6 Å². The fraction of sp³-hybridized carbons (Fsp3) is 0.444. The van der Waals surface area contributed by atoms with Crippen LogP contribution in [-0.2, 0) is 4.79 Å². The quantitative estimate of drug-likeness (QED) is 0.909. The average molecular weight is 350 g/mol. The molecule has 0 radical (unpaired) electrons. The van der Waals surface area contributed by atoms with E-state index in [0.29, 0.717) is 19.5 Å². The van der Waals surface area contributed by atoms with Gasteiger partial charge < -0.3 is 15.4 Å². The van der Waals surface area contributed by atoms with E-state index in [1.807, 2.05) is 13.8 Å². The Hall–Kier alpha value is -2.44. The van der Waals surface area contributed by atoms with Crippen molar-refractivity contribution in [2.24, 2.45) is 16.6 Å². The van der Waals surface area contributed by atoms with Crippen molar-refractivity contribution in [3.63, 3.8) is 0 Å². The molecule has 1 aromatic rings. The molecule has 1 saturated heterocycles.